The lowest BCUT2D eigenvalue weighted by Crippen LogP contribution is -2.21. The molecule has 0 aliphatic rings. The summed E-state index contributed by atoms with van der Waals surface area (Å²) in [6.07, 6.45) is 2.21. The van der Waals surface area contributed by atoms with Gasteiger partial charge in [-0.25, -0.2) is 0 Å². The van der Waals surface area contributed by atoms with Crippen molar-refractivity contribution in [3.63, 3.8) is 0 Å². The lowest BCUT2D eigenvalue weighted by atomic mass is 9.93. The molecule has 0 spiro atoms. The van der Waals surface area contributed by atoms with E-state index in [-0.39, 0.29) is 0 Å². The average Bonchev–Trinajstić information content (AvgIpc) is 3.36. The molecule has 0 unspecified atom stereocenters. The summed E-state index contributed by atoms with van der Waals surface area (Å²) in [4.78, 5) is 2.35. The molecule has 0 saturated heterocycles. The Morgan fingerprint density at radius 1 is 0.941 bits per heavy atom. The molecule has 176 valence electrons. The Morgan fingerprint density at radius 2 is 1.68 bits per heavy atom. The highest BCUT2D eigenvalue weighted by Crippen LogP contribution is 2.35. The maximum atomic E-state index is 5.83. The molecule has 0 aliphatic carbocycles. The SMILES string of the molecule is CCNCC=c1ccc(=C(c2ccc(N(CC)CC)cc2)c2c(OC)ccc3nsnc23)cc1. The third-order valence-corrected chi connectivity index (χ3v) is 6.62. The molecule has 34 heavy (non-hydrogen) atoms. The Balaban J connectivity index is 1.95. The molecule has 0 fully saturated rings. The minimum atomic E-state index is 0.797. The van der Waals surface area contributed by atoms with Crippen molar-refractivity contribution in [3.05, 3.63) is 82.2 Å². The first-order chi connectivity index (χ1) is 16.7. The maximum absolute atomic E-state index is 5.83. The van der Waals surface area contributed by atoms with Gasteiger partial charge < -0.3 is 15.0 Å². The third-order valence-electron chi connectivity index (χ3n) is 6.08. The fraction of sp³-hybridized carbons (Fsp3) is 0.286. The summed E-state index contributed by atoms with van der Waals surface area (Å²) in [5, 5.41) is 5.66. The number of nitrogens with zero attached hydrogens (tertiary/aromatic N) is 3. The van der Waals surface area contributed by atoms with E-state index >= 15 is 0 Å². The van der Waals surface area contributed by atoms with Gasteiger partial charge in [0.05, 0.1) is 24.4 Å². The highest BCUT2D eigenvalue weighted by Gasteiger charge is 2.18. The van der Waals surface area contributed by atoms with E-state index in [2.05, 4.69) is 94.3 Å². The second-order valence-electron chi connectivity index (χ2n) is 8.00. The van der Waals surface area contributed by atoms with Gasteiger partial charge in [-0.05, 0) is 60.7 Å². The molecule has 3 aromatic carbocycles. The van der Waals surface area contributed by atoms with Gasteiger partial charge in [-0.3, -0.25) is 0 Å². The molecule has 0 aliphatic heterocycles. The number of methoxy groups -OCH3 is 1. The van der Waals surface area contributed by atoms with Crippen molar-refractivity contribution >= 4 is 40.1 Å². The van der Waals surface area contributed by atoms with Crippen molar-refractivity contribution in [2.45, 2.75) is 20.8 Å². The topological polar surface area (TPSA) is 50.3 Å². The van der Waals surface area contributed by atoms with Crippen LogP contribution in [0.1, 0.15) is 31.9 Å². The third kappa shape index (κ3) is 4.98. The summed E-state index contributed by atoms with van der Waals surface area (Å²) in [7, 11) is 1.71. The molecule has 0 atom stereocenters. The number of fused-ring (bicyclic) bond motifs is 1. The number of nitrogens with one attached hydrogen (secondary N) is 1. The fourth-order valence-corrected chi connectivity index (χ4v) is 4.79. The Labute approximate surface area is 205 Å². The average molecular weight is 473 g/mol. The zero-order valence-electron chi connectivity index (χ0n) is 20.3. The van der Waals surface area contributed by atoms with Crippen molar-refractivity contribution < 1.29 is 4.74 Å². The Morgan fingerprint density at radius 3 is 2.32 bits per heavy atom. The van der Waals surface area contributed by atoms with E-state index in [1.165, 1.54) is 22.6 Å². The molecule has 0 bridgehead atoms. The minimum Gasteiger partial charge on any atom is -0.496 e. The maximum Gasteiger partial charge on any atom is 0.129 e. The first-order valence-electron chi connectivity index (χ1n) is 11.9. The summed E-state index contributed by atoms with van der Waals surface area (Å²) in [5.74, 6) is 0.797. The quantitative estimate of drug-likeness (QED) is 0.370. The number of rotatable bonds is 9. The van der Waals surface area contributed by atoms with Crippen molar-refractivity contribution in [2.75, 3.05) is 38.2 Å². The van der Waals surface area contributed by atoms with Crippen LogP contribution in [-0.4, -0.2) is 42.0 Å². The monoisotopic (exact) mass is 472 g/mol. The summed E-state index contributed by atoms with van der Waals surface area (Å²) < 4.78 is 15.0. The van der Waals surface area contributed by atoms with Gasteiger partial charge in [0.1, 0.15) is 16.8 Å². The van der Waals surface area contributed by atoms with Gasteiger partial charge >= 0.3 is 0 Å². The zero-order valence-corrected chi connectivity index (χ0v) is 21.2. The lowest BCUT2D eigenvalue weighted by molar-refractivity contribution is 0.414. The second kappa shape index (κ2) is 11.3. The van der Waals surface area contributed by atoms with E-state index in [0.29, 0.717) is 0 Å². The molecule has 5 nitrogen and oxygen atoms in total. The largest absolute Gasteiger partial charge is 0.496 e. The van der Waals surface area contributed by atoms with Crippen LogP contribution < -0.4 is 25.4 Å². The Hall–Kier alpha value is -3.22. The van der Waals surface area contributed by atoms with Gasteiger partial charge in [-0.2, -0.15) is 8.75 Å². The highest BCUT2D eigenvalue weighted by atomic mass is 32.1. The Kier molecular flexibility index (Phi) is 7.93. The number of aromatic nitrogens is 2. The van der Waals surface area contributed by atoms with Gasteiger partial charge in [-0.15, -0.1) is 0 Å². The number of anilines is 1. The number of hydrogen-bond acceptors (Lipinski definition) is 6. The molecule has 1 heterocycles. The van der Waals surface area contributed by atoms with Crippen molar-refractivity contribution in [1.29, 1.82) is 0 Å². The molecular formula is C28H32N4OS. The van der Waals surface area contributed by atoms with Gasteiger partial charge in [0.25, 0.3) is 0 Å². The molecule has 1 N–H and O–H groups in total. The molecule has 4 rings (SSSR count). The van der Waals surface area contributed by atoms with Crippen LogP contribution in [0.25, 0.3) is 22.7 Å². The first kappa shape index (κ1) is 23.9. The summed E-state index contributed by atoms with van der Waals surface area (Å²) in [5.41, 5.74) is 6.18. The van der Waals surface area contributed by atoms with Gasteiger partial charge in [0, 0.05) is 30.9 Å². The first-order valence-corrected chi connectivity index (χ1v) is 12.6. The van der Waals surface area contributed by atoms with Crippen LogP contribution in [-0.2, 0) is 0 Å². The molecule has 0 saturated carbocycles. The zero-order chi connectivity index (χ0) is 23.9. The van der Waals surface area contributed by atoms with E-state index in [1.807, 2.05) is 12.1 Å². The molecular weight excluding hydrogens is 440 g/mol. The Bertz CT molecular complexity index is 1330. The molecule has 0 radical (unpaired) electrons. The summed E-state index contributed by atoms with van der Waals surface area (Å²) >= 11 is 1.23. The van der Waals surface area contributed by atoms with Gasteiger partial charge in [-0.1, -0.05) is 49.4 Å². The van der Waals surface area contributed by atoms with E-state index in [0.717, 1.165) is 64.9 Å². The lowest BCUT2D eigenvalue weighted by Gasteiger charge is -2.21. The van der Waals surface area contributed by atoms with Crippen molar-refractivity contribution in [2.24, 2.45) is 0 Å². The molecule has 4 aromatic rings. The number of benzene rings is 3. The van der Waals surface area contributed by atoms with E-state index < -0.39 is 0 Å². The standard InChI is InChI=1S/C28H32N4OS/c1-5-29-19-18-20-8-10-21(11-9-20)26(22-12-14-23(15-13-22)32(6-2)7-3)27-25(33-4)17-16-24-28(27)31-34-30-24/h8-18,29H,5-7,19H2,1-4H3. The van der Waals surface area contributed by atoms with Crippen molar-refractivity contribution in [1.82, 2.24) is 14.1 Å². The van der Waals surface area contributed by atoms with Crippen LogP contribution in [0.15, 0.2) is 60.7 Å². The van der Waals surface area contributed by atoms with Crippen LogP contribution in [0.4, 0.5) is 5.69 Å². The predicted molar refractivity (Wildman–Crippen MR) is 144 cm³/mol. The molecule has 6 heteroatoms. The minimum absolute atomic E-state index is 0.797. The van der Waals surface area contributed by atoms with Crippen LogP contribution in [0.3, 0.4) is 0 Å². The summed E-state index contributed by atoms with van der Waals surface area (Å²) in [6.45, 7) is 10.3. The van der Waals surface area contributed by atoms with E-state index in [9.17, 15) is 0 Å². The van der Waals surface area contributed by atoms with E-state index in [1.54, 1.807) is 7.11 Å². The summed E-state index contributed by atoms with van der Waals surface area (Å²) in [6, 6.07) is 21.5. The van der Waals surface area contributed by atoms with Gasteiger partial charge in [0.15, 0.2) is 0 Å². The van der Waals surface area contributed by atoms with Crippen LogP contribution >= 0.6 is 11.7 Å². The smallest absolute Gasteiger partial charge is 0.129 e. The molecule has 1 aromatic heterocycles. The van der Waals surface area contributed by atoms with E-state index in [4.69, 9.17) is 4.74 Å². The number of ether oxygens (including phenoxy) is 1. The van der Waals surface area contributed by atoms with Crippen LogP contribution in [0.2, 0.25) is 0 Å². The normalized spacial score (nSPS) is 10.9. The van der Waals surface area contributed by atoms with Crippen LogP contribution in [0.5, 0.6) is 5.75 Å². The van der Waals surface area contributed by atoms with Crippen molar-refractivity contribution in [3.8, 4) is 5.75 Å². The van der Waals surface area contributed by atoms with Crippen LogP contribution in [0, 0.1) is 0 Å². The molecule has 0 amide bonds. The second-order valence-corrected chi connectivity index (χ2v) is 8.53. The number of hydrogen-bond donors (Lipinski definition) is 1. The fourth-order valence-electron chi connectivity index (χ4n) is 4.25. The highest BCUT2D eigenvalue weighted by molar-refractivity contribution is 7.00. The van der Waals surface area contributed by atoms with Gasteiger partial charge in [0.2, 0.25) is 0 Å². The predicted octanol–water partition coefficient (Wildman–Crippen LogP) is 4.18.